The molecule has 1 fully saturated rings. The smallest absolute Gasteiger partial charge is 0.254 e. The van der Waals surface area contributed by atoms with Crippen molar-refractivity contribution in [3.63, 3.8) is 0 Å². The SMILES string of the molecule is [B]c1ccc2c(c1)[C@@]1(C[C@H]1F)CN(CC(N)=O)C2=O.[HH]. The number of amides is 2. The van der Waals surface area contributed by atoms with Gasteiger partial charge in [0, 0.05) is 18.9 Å². The van der Waals surface area contributed by atoms with Crippen molar-refractivity contribution in [1.82, 2.24) is 4.90 Å². The van der Waals surface area contributed by atoms with Crippen LogP contribution >= 0.6 is 0 Å². The van der Waals surface area contributed by atoms with E-state index in [0.29, 0.717) is 23.0 Å². The molecule has 19 heavy (non-hydrogen) atoms. The molecule has 2 atom stereocenters. The largest absolute Gasteiger partial charge is 0.368 e. The van der Waals surface area contributed by atoms with Crippen molar-refractivity contribution in [2.24, 2.45) is 5.73 Å². The van der Waals surface area contributed by atoms with E-state index in [4.69, 9.17) is 13.6 Å². The number of alkyl halides is 1. The van der Waals surface area contributed by atoms with Gasteiger partial charge in [0.05, 0.1) is 6.54 Å². The summed E-state index contributed by atoms with van der Waals surface area (Å²) in [5.41, 5.74) is 6.01. The lowest BCUT2D eigenvalue weighted by atomic mass is 9.82. The van der Waals surface area contributed by atoms with Crippen molar-refractivity contribution in [1.29, 1.82) is 0 Å². The Bertz CT molecular complexity index is 598. The van der Waals surface area contributed by atoms with Crippen LogP contribution in [0.2, 0.25) is 0 Å². The molecule has 1 aromatic rings. The molecule has 0 unspecified atom stereocenters. The van der Waals surface area contributed by atoms with Gasteiger partial charge in [0.1, 0.15) is 14.0 Å². The first kappa shape index (κ1) is 12.2. The van der Waals surface area contributed by atoms with Gasteiger partial charge in [-0.15, -0.1) is 0 Å². The van der Waals surface area contributed by atoms with Crippen molar-refractivity contribution in [3.05, 3.63) is 29.3 Å². The third-order valence-corrected chi connectivity index (χ3v) is 3.90. The van der Waals surface area contributed by atoms with Crippen molar-refractivity contribution in [2.75, 3.05) is 13.1 Å². The maximum atomic E-state index is 13.8. The van der Waals surface area contributed by atoms with E-state index >= 15 is 0 Å². The molecule has 2 amide bonds. The quantitative estimate of drug-likeness (QED) is 0.738. The van der Waals surface area contributed by atoms with E-state index in [1.54, 1.807) is 18.2 Å². The Morgan fingerprint density at radius 1 is 1.63 bits per heavy atom. The summed E-state index contributed by atoms with van der Waals surface area (Å²) in [6.07, 6.45) is -0.650. The number of carbonyl (C=O) groups is 2. The topological polar surface area (TPSA) is 63.4 Å². The first-order chi connectivity index (χ1) is 8.94. The molecule has 98 valence electrons. The third kappa shape index (κ3) is 1.74. The van der Waals surface area contributed by atoms with E-state index in [1.807, 2.05) is 0 Å². The van der Waals surface area contributed by atoms with Crippen LogP contribution in [0.1, 0.15) is 23.8 Å². The Hall–Kier alpha value is -1.85. The first-order valence-corrected chi connectivity index (χ1v) is 6.06. The highest BCUT2D eigenvalue weighted by atomic mass is 19.1. The minimum absolute atomic E-state index is 0. The third-order valence-electron chi connectivity index (χ3n) is 3.90. The highest BCUT2D eigenvalue weighted by molar-refractivity contribution is 6.32. The van der Waals surface area contributed by atoms with Gasteiger partial charge >= 0.3 is 0 Å². The van der Waals surface area contributed by atoms with E-state index < -0.39 is 17.5 Å². The van der Waals surface area contributed by atoms with Gasteiger partial charge in [0.15, 0.2) is 0 Å². The molecule has 0 aromatic heterocycles. The summed E-state index contributed by atoms with van der Waals surface area (Å²) in [6, 6.07) is 4.86. The number of fused-ring (bicyclic) bond motifs is 2. The Labute approximate surface area is 112 Å². The second kappa shape index (κ2) is 3.82. The zero-order valence-corrected chi connectivity index (χ0v) is 10.2. The van der Waals surface area contributed by atoms with Crippen LogP contribution in [0.5, 0.6) is 0 Å². The predicted molar refractivity (Wildman–Crippen MR) is 70.2 cm³/mol. The fraction of sp³-hybridized carbons (Fsp3) is 0.385. The number of nitrogens with two attached hydrogens (primary N) is 1. The molecule has 2 aliphatic rings. The van der Waals surface area contributed by atoms with Crippen LogP contribution in [0.15, 0.2) is 18.2 Å². The Morgan fingerprint density at radius 3 is 2.89 bits per heavy atom. The molecule has 1 aromatic carbocycles. The van der Waals surface area contributed by atoms with Crippen LogP contribution in [-0.4, -0.2) is 43.8 Å². The van der Waals surface area contributed by atoms with E-state index in [1.165, 1.54) is 4.90 Å². The minimum Gasteiger partial charge on any atom is -0.368 e. The number of nitrogens with zero attached hydrogens (tertiary/aromatic N) is 1. The number of benzene rings is 1. The van der Waals surface area contributed by atoms with Crippen LogP contribution < -0.4 is 11.2 Å². The van der Waals surface area contributed by atoms with Crippen molar-refractivity contribution in [3.8, 4) is 0 Å². The lowest BCUT2D eigenvalue weighted by Gasteiger charge is -2.34. The standard InChI is InChI=1S/C13H12BFN2O2.H2/c14-7-1-2-8-9(3-7)13(4-10(13)15)6-17(12(8)19)5-11(16)18;/h1-3,10H,4-6H2,(H2,16,18);1H/t10-,13-;/m1./s1. The monoisotopic (exact) mass is 260 g/mol. The van der Waals surface area contributed by atoms with Crippen molar-refractivity contribution in [2.45, 2.75) is 18.0 Å². The fourth-order valence-corrected chi connectivity index (χ4v) is 2.85. The van der Waals surface area contributed by atoms with Crippen LogP contribution in [0.4, 0.5) is 4.39 Å². The molecule has 1 spiro atoms. The van der Waals surface area contributed by atoms with E-state index in [0.717, 1.165) is 0 Å². The van der Waals surface area contributed by atoms with Crippen molar-refractivity contribution >= 4 is 25.1 Å². The van der Waals surface area contributed by atoms with Gasteiger partial charge in [-0.1, -0.05) is 17.6 Å². The highest BCUT2D eigenvalue weighted by Gasteiger charge is 2.61. The molecular weight excluding hydrogens is 246 g/mol. The summed E-state index contributed by atoms with van der Waals surface area (Å²) < 4.78 is 13.8. The predicted octanol–water partition coefficient (Wildman–Crippen LogP) is -0.353. The van der Waals surface area contributed by atoms with E-state index in [9.17, 15) is 14.0 Å². The van der Waals surface area contributed by atoms with Gasteiger partial charge in [-0.3, -0.25) is 9.59 Å². The van der Waals surface area contributed by atoms with Crippen LogP contribution in [0.25, 0.3) is 0 Å². The molecule has 4 nitrogen and oxygen atoms in total. The zero-order valence-electron chi connectivity index (χ0n) is 10.2. The molecule has 2 N–H and O–H groups in total. The second-order valence-electron chi connectivity index (χ2n) is 5.26. The highest BCUT2D eigenvalue weighted by Crippen LogP contribution is 2.54. The first-order valence-electron chi connectivity index (χ1n) is 6.06. The molecule has 3 rings (SSSR count). The molecule has 1 aliphatic carbocycles. The summed E-state index contributed by atoms with van der Waals surface area (Å²) >= 11 is 0. The maximum Gasteiger partial charge on any atom is 0.254 e. The van der Waals surface area contributed by atoms with Gasteiger partial charge in [0.25, 0.3) is 5.91 Å². The zero-order chi connectivity index (χ0) is 13.8. The molecular formula is C13H14BFN2O2. The summed E-state index contributed by atoms with van der Waals surface area (Å²) in [5, 5.41) is 0. The fourth-order valence-electron chi connectivity index (χ4n) is 2.85. The normalized spacial score (nSPS) is 28.4. The molecule has 1 saturated carbocycles. The Balaban J connectivity index is 0.00000147. The van der Waals surface area contributed by atoms with Crippen molar-refractivity contribution < 1.29 is 15.4 Å². The summed E-state index contributed by atoms with van der Waals surface area (Å²) in [5.74, 6) is -0.892. The summed E-state index contributed by atoms with van der Waals surface area (Å²) in [6.45, 7) is 0.00349. The molecule has 0 saturated heterocycles. The number of hydrogen-bond acceptors (Lipinski definition) is 2. The summed E-state index contributed by atoms with van der Waals surface area (Å²) in [4.78, 5) is 24.6. The van der Waals surface area contributed by atoms with Crippen LogP contribution in [-0.2, 0) is 10.2 Å². The second-order valence-corrected chi connectivity index (χ2v) is 5.26. The number of primary amides is 1. The average molecular weight is 260 g/mol. The van der Waals surface area contributed by atoms with Gasteiger partial charge < -0.3 is 10.6 Å². The van der Waals surface area contributed by atoms with E-state index in [2.05, 4.69) is 0 Å². The van der Waals surface area contributed by atoms with Gasteiger partial charge in [-0.05, 0) is 18.1 Å². The molecule has 1 heterocycles. The molecule has 2 radical (unpaired) electrons. The number of hydrogen-bond donors (Lipinski definition) is 1. The minimum atomic E-state index is -1.00. The van der Waals surface area contributed by atoms with Crippen LogP contribution in [0, 0.1) is 0 Å². The van der Waals surface area contributed by atoms with E-state index in [-0.39, 0.29) is 20.4 Å². The van der Waals surface area contributed by atoms with Gasteiger partial charge in [0.2, 0.25) is 5.91 Å². The average Bonchev–Trinajstić information content (AvgIpc) is 2.97. The lowest BCUT2D eigenvalue weighted by Crippen LogP contribution is -2.48. The molecule has 0 bridgehead atoms. The Kier molecular flexibility index (Phi) is 2.45. The number of carbonyl (C=O) groups excluding carboxylic acids is 2. The molecule has 6 heteroatoms. The van der Waals surface area contributed by atoms with Gasteiger partial charge in [-0.25, -0.2) is 4.39 Å². The lowest BCUT2D eigenvalue weighted by molar-refractivity contribution is -0.118. The Morgan fingerprint density at radius 2 is 2.32 bits per heavy atom. The van der Waals surface area contributed by atoms with Crippen LogP contribution in [0.3, 0.4) is 0 Å². The number of rotatable bonds is 2. The summed E-state index contributed by atoms with van der Waals surface area (Å²) in [7, 11) is 5.72. The van der Waals surface area contributed by atoms with Gasteiger partial charge in [-0.2, -0.15) is 0 Å². The maximum absolute atomic E-state index is 13.8. The number of halogens is 1. The molecule has 1 aliphatic heterocycles.